The zero-order valence-electron chi connectivity index (χ0n) is 15.7. The topological polar surface area (TPSA) is 87.8 Å². The molecule has 2 aromatic carbocycles. The molecule has 7 heteroatoms. The van der Waals surface area contributed by atoms with Gasteiger partial charge in [-0.3, -0.25) is 14.2 Å². The molecule has 0 radical (unpaired) electrons. The van der Waals surface area contributed by atoms with Gasteiger partial charge in [-0.25, -0.2) is 4.98 Å². The molecule has 1 N–H and O–H groups in total. The summed E-state index contributed by atoms with van der Waals surface area (Å²) in [7, 11) is 0. The minimum atomic E-state index is -0.200. The minimum absolute atomic E-state index is 0.112. The quantitative estimate of drug-likeness (QED) is 0.396. The third-order valence-corrected chi connectivity index (χ3v) is 5.32. The van der Waals surface area contributed by atoms with Gasteiger partial charge in [0.2, 0.25) is 5.91 Å². The number of benzene rings is 2. The SMILES string of the molecule is Cc1ccc(-n2c(SCC(=O)NCCC#N)nc3ccccc3c2=O)cc1C. The number of aromatic nitrogens is 2. The largest absolute Gasteiger partial charge is 0.354 e. The minimum Gasteiger partial charge on any atom is -0.354 e. The Morgan fingerprint density at radius 1 is 1.21 bits per heavy atom. The molecule has 3 aromatic rings. The van der Waals surface area contributed by atoms with Crippen LogP contribution in [0.1, 0.15) is 17.5 Å². The van der Waals surface area contributed by atoms with E-state index in [0.29, 0.717) is 22.6 Å². The van der Waals surface area contributed by atoms with E-state index in [1.807, 2.05) is 50.2 Å². The Labute approximate surface area is 167 Å². The predicted molar refractivity (Wildman–Crippen MR) is 111 cm³/mol. The number of aryl methyl sites for hydroxylation is 2. The van der Waals surface area contributed by atoms with Crippen molar-refractivity contribution < 1.29 is 4.79 Å². The van der Waals surface area contributed by atoms with Gasteiger partial charge in [-0.2, -0.15) is 5.26 Å². The number of nitrogens with zero attached hydrogens (tertiary/aromatic N) is 3. The van der Waals surface area contributed by atoms with Crippen LogP contribution in [0, 0.1) is 25.2 Å². The number of nitriles is 1. The molecular weight excluding hydrogens is 372 g/mol. The summed E-state index contributed by atoms with van der Waals surface area (Å²) >= 11 is 1.20. The normalized spacial score (nSPS) is 10.6. The van der Waals surface area contributed by atoms with Crippen molar-refractivity contribution in [3.8, 4) is 11.8 Å². The number of thioether (sulfide) groups is 1. The third-order valence-electron chi connectivity index (χ3n) is 4.38. The molecule has 1 aromatic heterocycles. The van der Waals surface area contributed by atoms with Gasteiger partial charge in [-0.05, 0) is 49.2 Å². The van der Waals surface area contributed by atoms with Gasteiger partial charge in [0, 0.05) is 6.54 Å². The van der Waals surface area contributed by atoms with Gasteiger partial charge < -0.3 is 5.32 Å². The second-order valence-electron chi connectivity index (χ2n) is 6.37. The molecule has 0 saturated heterocycles. The first-order valence-corrected chi connectivity index (χ1v) is 9.85. The Kier molecular flexibility index (Phi) is 6.12. The maximum atomic E-state index is 13.2. The monoisotopic (exact) mass is 392 g/mol. The van der Waals surface area contributed by atoms with Crippen LogP contribution in [0.15, 0.2) is 52.4 Å². The van der Waals surface area contributed by atoms with E-state index in [4.69, 9.17) is 5.26 Å². The molecule has 0 aliphatic heterocycles. The van der Waals surface area contributed by atoms with E-state index in [0.717, 1.165) is 16.8 Å². The van der Waals surface area contributed by atoms with Gasteiger partial charge in [0.25, 0.3) is 5.56 Å². The highest BCUT2D eigenvalue weighted by molar-refractivity contribution is 7.99. The van der Waals surface area contributed by atoms with E-state index in [1.54, 1.807) is 16.7 Å². The lowest BCUT2D eigenvalue weighted by Crippen LogP contribution is -2.27. The molecule has 1 heterocycles. The molecule has 6 nitrogen and oxygen atoms in total. The zero-order valence-corrected chi connectivity index (χ0v) is 16.5. The van der Waals surface area contributed by atoms with Gasteiger partial charge in [0.05, 0.1) is 34.8 Å². The Balaban J connectivity index is 2.02. The second kappa shape index (κ2) is 8.72. The molecular formula is C21H20N4O2S. The van der Waals surface area contributed by atoms with Crippen LogP contribution >= 0.6 is 11.8 Å². The first-order chi connectivity index (χ1) is 13.5. The highest BCUT2D eigenvalue weighted by Crippen LogP contribution is 2.22. The van der Waals surface area contributed by atoms with Gasteiger partial charge in [-0.15, -0.1) is 0 Å². The van der Waals surface area contributed by atoms with Crippen LogP contribution < -0.4 is 10.9 Å². The van der Waals surface area contributed by atoms with Crippen molar-refractivity contribution in [1.29, 1.82) is 5.26 Å². The van der Waals surface area contributed by atoms with Gasteiger partial charge >= 0.3 is 0 Å². The van der Waals surface area contributed by atoms with Crippen LogP contribution in [0.4, 0.5) is 0 Å². The second-order valence-corrected chi connectivity index (χ2v) is 7.31. The lowest BCUT2D eigenvalue weighted by molar-refractivity contribution is -0.118. The fourth-order valence-corrected chi connectivity index (χ4v) is 3.58. The number of rotatable bonds is 6. The molecule has 0 aliphatic rings. The Morgan fingerprint density at radius 3 is 2.75 bits per heavy atom. The highest BCUT2D eigenvalue weighted by atomic mass is 32.2. The van der Waals surface area contributed by atoms with E-state index in [1.165, 1.54) is 11.8 Å². The zero-order chi connectivity index (χ0) is 20.1. The maximum Gasteiger partial charge on any atom is 0.266 e. The van der Waals surface area contributed by atoms with Crippen LogP contribution in [0.2, 0.25) is 0 Å². The summed E-state index contributed by atoms with van der Waals surface area (Å²) in [5, 5.41) is 12.2. The van der Waals surface area contributed by atoms with Crippen molar-refractivity contribution in [2.24, 2.45) is 0 Å². The standard InChI is InChI=1S/C21H20N4O2S/c1-14-8-9-16(12-15(14)2)25-20(27)17-6-3-4-7-18(17)24-21(25)28-13-19(26)23-11-5-10-22/h3-4,6-9,12H,5,11,13H2,1-2H3,(H,23,26). The molecule has 0 spiro atoms. The first kappa shape index (κ1) is 19.6. The fourth-order valence-electron chi connectivity index (χ4n) is 2.74. The van der Waals surface area contributed by atoms with E-state index in [-0.39, 0.29) is 23.6 Å². The molecule has 1 amide bonds. The third kappa shape index (κ3) is 4.24. The molecule has 0 unspecified atom stereocenters. The summed E-state index contributed by atoms with van der Waals surface area (Å²) in [5.74, 6) is -0.0876. The lowest BCUT2D eigenvalue weighted by Gasteiger charge is -2.14. The van der Waals surface area contributed by atoms with Crippen LogP contribution in [0.5, 0.6) is 0 Å². The molecule has 0 aliphatic carbocycles. The highest BCUT2D eigenvalue weighted by Gasteiger charge is 2.15. The van der Waals surface area contributed by atoms with Crippen LogP contribution in [0.3, 0.4) is 0 Å². The van der Waals surface area contributed by atoms with Gasteiger partial charge in [0.15, 0.2) is 5.16 Å². The maximum absolute atomic E-state index is 13.2. The molecule has 142 valence electrons. The molecule has 0 saturated carbocycles. The Bertz CT molecular complexity index is 1130. The Morgan fingerprint density at radius 2 is 2.00 bits per heavy atom. The fraction of sp³-hybridized carbons (Fsp3) is 0.238. The van der Waals surface area contributed by atoms with Crippen LogP contribution in [-0.4, -0.2) is 27.8 Å². The summed E-state index contributed by atoms with van der Waals surface area (Å²) < 4.78 is 1.56. The molecule has 0 bridgehead atoms. The van der Waals surface area contributed by atoms with E-state index in [2.05, 4.69) is 10.3 Å². The predicted octanol–water partition coefficient (Wildman–Crippen LogP) is 3.12. The molecule has 0 atom stereocenters. The first-order valence-electron chi connectivity index (χ1n) is 8.87. The summed E-state index contributed by atoms with van der Waals surface area (Å²) in [6.07, 6.45) is 0.262. The van der Waals surface area contributed by atoms with Crippen molar-refractivity contribution in [2.45, 2.75) is 25.4 Å². The smallest absolute Gasteiger partial charge is 0.266 e. The van der Waals surface area contributed by atoms with Gasteiger partial charge in [0.1, 0.15) is 0 Å². The number of hydrogen-bond acceptors (Lipinski definition) is 5. The average Bonchev–Trinajstić information content (AvgIpc) is 2.69. The average molecular weight is 392 g/mol. The molecule has 28 heavy (non-hydrogen) atoms. The molecule has 3 rings (SSSR count). The van der Waals surface area contributed by atoms with Crippen LogP contribution in [0.25, 0.3) is 16.6 Å². The van der Waals surface area contributed by atoms with E-state index >= 15 is 0 Å². The number of fused-ring (bicyclic) bond motifs is 1. The number of carbonyl (C=O) groups is 1. The van der Waals surface area contributed by atoms with Crippen molar-refractivity contribution in [1.82, 2.24) is 14.9 Å². The number of nitrogens with one attached hydrogen (secondary N) is 1. The number of carbonyl (C=O) groups excluding carboxylic acids is 1. The van der Waals surface area contributed by atoms with E-state index < -0.39 is 0 Å². The number of amides is 1. The van der Waals surface area contributed by atoms with Crippen molar-refractivity contribution in [3.63, 3.8) is 0 Å². The summed E-state index contributed by atoms with van der Waals surface area (Å²) in [5.41, 5.74) is 3.36. The number of para-hydroxylation sites is 1. The summed E-state index contributed by atoms with van der Waals surface area (Å²) in [6, 6.07) is 15.0. The van der Waals surface area contributed by atoms with E-state index in [9.17, 15) is 9.59 Å². The summed E-state index contributed by atoms with van der Waals surface area (Å²) in [6.45, 7) is 4.32. The van der Waals surface area contributed by atoms with Crippen molar-refractivity contribution in [3.05, 3.63) is 63.9 Å². The van der Waals surface area contributed by atoms with Gasteiger partial charge in [-0.1, -0.05) is 30.0 Å². The lowest BCUT2D eigenvalue weighted by atomic mass is 10.1. The summed E-state index contributed by atoms with van der Waals surface area (Å²) in [4.78, 5) is 29.8. The van der Waals surface area contributed by atoms with Crippen molar-refractivity contribution in [2.75, 3.05) is 12.3 Å². The van der Waals surface area contributed by atoms with Crippen LogP contribution in [-0.2, 0) is 4.79 Å². The van der Waals surface area contributed by atoms with Crippen molar-refractivity contribution >= 4 is 28.6 Å². The Hall–Kier alpha value is -3.11. The molecule has 0 fully saturated rings. The number of hydrogen-bond donors (Lipinski definition) is 1.